The van der Waals surface area contributed by atoms with E-state index in [0.717, 1.165) is 18.5 Å². The van der Waals surface area contributed by atoms with Crippen LogP contribution in [0.5, 0.6) is 0 Å². The van der Waals surface area contributed by atoms with Crippen LogP contribution in [-0.2, 0) is 11.2 Å². The molecule has 1 aromatic carbocycles. The number of nitrogens with zero attached hydrogens (tertiary/aromatic N) is 2. The molecule has 1 amide bonds. The van der Waals surface area contributed by atoms with Crippen molar-refractivity contribution in [3.63, 3.8) is 0 Å². The number of oxime groups is 1. The number of carbonyl (C=O) groups excluding carboxylic acids is 1. The molecule has 1 heterocycles. The Kier molecular flexibility index (Phi) is 3.74. The van der Waals surface area contributed by atoms with Crippen LogP contribution >= 0.6 is 0 Å². The van der Waals surface area contributed by atoms with Crippen LogP contribution < -0.4 is 10.6 Å². The Morgan fingerprint density at radius 2 is 2.21 bits per heavy atom. The molecule has 2 unspecified atom stereocenters. The summed E-state index contributed by atoms with van der Waals surface area (Å²) in [4.78, 5) is 14.3. The Balaban J connectivity index is 2.36. The third-order valence-corrected chi connectivity index (χ3v) is 3.69. The van der Waals surface area contributed by atoms with Crippen LogP contribution in [0.4, 0.5) is 5.69 Å². The van der Waals surface area contributed by atoms with Gasteiger partial charge in [-0.1, -0.05) is 23.4 Å². The Labute approximate surface area is 112 Å². The third-order valence-electron chi connectivity index (χ3n) is 3.69. The SMILES string of the molecule is CC(C(=O)N1c2ccccc2CCC1C)C(N)=NO. The molecule has 0 spiro atoms. The summed E-state index contributed by atoms with van der Waals surface area (Å²) in [6, 6.07) is 8.00. The van der Waals surface area contributed by atoms with Gasteiger partial charge in [-0.25, -0.2) is 0 Å². The quantitative estimate of drug-likeness (QED) is 0.368. The summed E-state index contributed by atoms with van der Waals surface area (Å²) in [5, 5.41) is 11.6. The highest BCUT2D eigenvalue weighted by Gasteiger charge is 2.32. The molecular formula is C14H19N3O2. The van der Waals surface area contributed by atoms with Crippen LogP contribution in [0.15, 0.2) is 29.4 Å². The fraction of sp³-hybridized carbons (Fsp3) is 0.429. The van der Waals surface area contributed by atoms with Crippen molar-refractivity contribution in [2.75, 3.05) is 4.90 Å². The van der Waals surface area contributed by atoms with E-state index in [1.807, 2.05) is 31.2 Å². The second-order valence-electron chi connectivity index (χ2n) is 4.97. The lowest BCUT2D eigenvalue weighted by Crippen LogP contribution is -2.47. The van der Waals surface area contributed by atoms with Crippen molar-refractivity contribution >= 4 is 17.4 Å². The number of aryl methyl sites for hydroxylation is 1. The molecule has 1 aliphatic rings. The first-order chi connectivity index (χ1) is 9.06. The molecule has 0 radical (unpaired) electrons. The van der Waals surface area contributed by atoms with Gasteiger partial charge in [0.2, 0.25) is 5.91 Å². The molecule has 102 valence electrons. The summed E-state index contributed by atoms with van der Waals surface area (Å²) in [6.45, 7) is 3.67. The second kappa shape index (κ2) is 5.30. The highest BCUT2D eigenvalue weighted by Crippen LogP contribution is 2.31. The van der Waals surface area contributed by atoms with Gasteiger partial charge < -0.3 is 15.8 Å². The molecule has 2 rings (SSSR count). The molecular weight excluding hydrogens is 242 g/mol. The maximum atomic E-state index is 12.5. The van der Waals surface area contributed by atoms with E-state index >= 15 is 0 Å². The maximum absolute atomic E-state index is 12.5. The van der Waals surface area contributed by atoms with Gasteiger partial charge in [0.25, 0.3) is 0 Å². The number of amides is 1. The predicted molar refractivity (Wildman–Crippen MR) is 74.3 cm³/mol. The van der Waals surface area contributed by atoms with Gasteiger partial charge in [0, 0.05) is 11.7 Å². The van der Waals surface area contributed by atoms with Gasteiger partial charge in [0.15, 0.2) is 5.84 Å². The topological polar surface area (TPSA) is 78.9 Å². The van der Waals surface area contributed by atoms with Crippen molar-refractivity contribution in [1.82, 2.24) is 0 Å². The Hall–Kier alpha value is -2.04. The molecule has 5 heteroatoms. The summed E-state index contributed by atoms with van der Waals surface area (Å²) in [5.41, 5.74) is 7.64. The number of anilines is 1. The van der Waals surface area contributed by atoms with Crippen molar-refractivity contribution in [2.24, 2.45) is 16.8 Å². The molecule has 0 saturated heterocycles. The molecule has 0 saturated carbocycles. The van der Waals surface area contributed by atoms with Gasteiger partial charge >= 0.3 is 0 Å². The van der Waals surface area contributed by atoms with Gasteiger partial charge in [-0.3, -0.25) is 4.79 Å². The van der Waals surface area contributed by atoms with Gasteiger partial charge in [0.1, 0.15) is 0 Å². The zero-order chi connectivity index (χ0) is 14.0. The maximum Gasteiger partial charge on any atom is 0.237 e. The highest BCUT2D eigenvalue weighted by atomic mass is 16.4. The van der Waals surface area contributed by atoms with Gasteiger partial charge in [-0.05, 0) is 38.3 Å². The number of amidine groups is 1. The third kappa shape index (κ3) is 2.41. The molecule has 0 fully saturated rings. The Morgan fingerprint density at radius 1 is 1.53 bits per heavy atom. The molecule has 0 aromatic heterocycles. The predicted octanol–water partition coefficient (Wildman–Crippen LogP) is 1.74. The van der Waals surface area contributed by atoms with Gasteiger partial charge in [-0.15, -0.1) is 0 Å². The number of fused-ring (bicyclic) bond motifs is 1. The summed E-state index contributed by atoms with van der Waals surface area (Å²) >= 11 is 0. The fourth-order valence-electron chi connectivity index (χ4n) is 2.45. The van der Waals surface area contributed by atoms with Gasteiger partial charge in [-0.2, -0.15) is 0 Å². The van der Waals surface area contributed by atoms with Crippen LogP contribution in [0.2, 0.25) is 0 Å². The first kappa shape index (κ1) is 13.4. The number of nitrogens with two attached hydrogens (primary N) is 1. The minimum absolute atomic E-state index is 0.0553. The molecule has 0 bridgehead atoms. The van der Waals surface area contributed by atoms with E-state index in [1.165, 1.54) is 5.56 Å². The van der Waals surface area contributed by atoms with E-state index in [0.29, 0.717) is 0 Å². The summed E-state index contributed by atoms with van der Waals surface area (Å²) in [5.74, 6) is -0.811. The average Bonchev–Trinajstić information content (AvgIpc) is 2.44. The minimum atomic E-state index is -0.626. The van der Waals surface area contributed by atoms with Crippen molar-refractivity contribution in [2.45, 2.75) is 32.7 Å². The minimum Gasteiger partial charge on any atom is -0.409 e. The highest BCUT2D eigenvalue weighted by molar-refractivity contribution is 6.09. The zero-order valence-corrected chi connectivity index (χ0v) is 11.2. The molecule has 1 aromatic rings. The van der Waals surface area contributed by atoms with Crippen LogP contribution in [0.3, 0.4) is 0 Å². The molecule has 3 N–H and O–H groups in total. The monoisotopic (exact) mass is 261 g/mol. The van der Waals surface area contributed by atoms with E-state index in [9.17, 15) is 4.79 Å². The fourth-order valence-corrected chi connectivity index (χ4v) is 2.45. The first-order valence-corrected chi connectivity index (χ1v) is 6.44. The van der Waals surface area contributed by atoms with Crippen LogP contribution in [-0.4, -0.2) is 23.0 Å². The first-order valence-electron chi connectivity index (χ1n) is 6.44. The number of hydrogen-bond donors (Lipinski definition) is 2. The largest absolute Gasteiger partial charge is 0.409 e. The summed E-state index contributed by atoms with van der Waals surface area (Å²) in [7, 11) is 0. The molecule has 19 heavy (non-hydrogen) atoms. The number of para-hydroxylation sites is 1. The Bertz CT molecular complexity index is 513. The van der Waals surface area contributed by atoms with E-state index in [-0.39, 0.29) is 17.8 Å². The number of benzene rings is 1. The number of hydrogen-bond acceptors (Lipinski definition) is 3. The molecule has 5 nitrogen and oxygen atoms in total. The summed E-state index contributed by atoms with van der Waals surface area (Å²) < 4.78 is 0. The second-order valence-corrected chi connectivity index (χ2v) is 4.97. The zero-order valence-electron chi connectivity index (χ0n) is 11.2. The molecule has 0 aliphatic carbocycles. The van der Waals surface area contributed by atoms with Crippen molar-refractivity contribution in [3.8, 4) is 0 Å². The number of carbonyl (C=O) groups is 1. The average molecular weight is 261 g/mol. The number of rotatable bonds is 2. The van der Waals surface area contributed by atoms with E-state index in [4.69, 9.17) is 10.9 Å². The normalized spacial score (nSPS) is 20.8. The van der Waals surface area contributed by atoms with Crippen molar-refractivity contribution in [3.05, 3.63) is 29.8 Å². The molecule has 1 aliphatic heterocycles. The van der Waals surface area contributed by atoms with E-state index < -0.39 is 5.92 Å². The van der Waals surface area contributed by atoms with Crippen molar-refractivity contribution < 1.29 is 10.0 Å². The molecule has 2 atom stereocenters. The van der Waals surface area contributed by atoms with Crippen molar-refractivity contribution in [1.29, 1.82) is 0 Å². The van der Waals surface area contributed by atoms with E-state index in [2.05, 4.69) is 5.16 Å². The lowest BCUT2D eigenvalue weighted by molar-refractivity contribution is -0.120. The lowest BCUT2D eigenvalue weighted by Gasteiger charge is -2.36. The van der Waals surface area contributed by atoms with E-state index in [1.54, 1.807) is 11.8 Å². The smallest absolute Gasteiger partial charge is 0.237 e. The van der Waals surface area contributed by atoms with Gasteiger partial charge in [0.05, 0.1) is 5.92 Å². The summed E-state index contributed by atoms with van der Waals surface area (Å²) in [6.07, 6.45) is 1.89. The lowest BCUT2D eigenvalue weighted by atomic mass is 9.95. The van der Waals surface area contributed by atoms with Crippen LogP contribution in [0.1, 0.15) is 25.8 Å². The van der Waals surface area contributed by atoms with Crippen LogP contribution in [0, 0.1) is 5.92 Å². The van der Waals surface area contributed by atoms with Crippen LogP contribution in [0.25, 0.3) is 0 Å². The standard InChI is InChI=1S/C14H19N3O2/c1-9-7-8-11-5-3-4-6-12(11)17(9)14(18)10(2)13(15)16-19/h3-6,9-10,19H,7-8H2,1-2H3,(H2,15,16). The Morgan fingerprint density at radius 3 is 2.89 bits per heavy atom.